The Bertz CT molecular complexity index is 730. The minimum Gasteiger partial charge on any atom is -0.326 e. The summed E-state index contributed by atoms with van der Waals surface area (Å²) in [6, 6.07) is 11.8. The average molecular weight is 311 g/mol. The summed E-state index contributed by atoms with van der Waals surface area (Å²) in [6.45, 7) is 2.20. The third-order valence-electron chi connectivity index (χ3n) is 2.79. The molecule has 2 aromatic carbocycles. The summed E-state index contributed by atoms with van der Waals surface area (Å²) < 4.78 is 27.1. The SMILES string of the molecule is Cc1cccc(NS(=O)(=O)c2ccc(CN)cc2Cl)c1. The summed E-state index contributed by atoms with van der Waals surface area (Å²) >= 11 is 6.02. The molecule has 2 rings (SSSR count). The van der Waals surface area contributed by atoms with Gasteiger partial charge in [0.2, 0.25) is 0 Å². The molecule has 3 N–H and O–H groups in total. The summed E-state index contributed by atoms with van der Waals surface area (Å²) in [5, 5.41) is 0.160. The van der Waals surface area contributed by atoms with Crippen molar-refractivity contribution in [2.24, 2.45) is 5.73 Å². The monoisotopic (exact) mass is 310 g/mol. The summed E-state index contributed by atoms with van der Waals surface area (Å²) in [5.74, 6) is 0. The summed E-state index contributed by atoms with van der Waals surface area (Å²) in [5.41, 5.74) is 7.75. The first-order valence-corrected chi connectivity index (χ1v) is 7.86. The highest BCUT2D eigenvalue weighted by molar-refractivity contribution is 7.92. The zero-order valence-corrected chi connectivity index (χ0v) is 12.5. The molecule has 4 nitrogen and oxygen atoms in total. The molecule has 106 valence electrons. The van der Waals surface area contributed by atoms with Crippen LogP contribution in [0.15, 0.2) is 47.4 Å². The number of rotatable bonds is 4. The molecule has 0 bridgehead atoms. The molecular weight excluding hydrogens is 296 g/mol. The van der Waals surface area contributed by atoms with E-state index in [9.17, 15) is 8.42 Å². The normalized spacial score (nSPS) is 11.3. The second kappa shape index (κ2) is 5.83. The van der Waals surface area contributed by atoms with E-state index in [1.165, 1.54) is 6.07 Å². The number of benzene rings is 2. The number of hydrogen-bond acceptors (Lipinski definition) is 3. The van der Waals surface area contributed by atoms with Crippen molar-refractivity contribution in [3.63, 3.8) is 0 Å². The van der Waals surface area contributed by atoms with Gasteiger partial charge in [0.1, 0.15) is 4.90 Å². The van der Waals surface area contributed by atoms with Crippen molar-refractivity contribution in [1.82, 2.24) is 0 Å². The topological polar surface area (TPSA) is 72.2 Å². The quantitative estimate of drug-likeness (QED) is 0.912. The maximum Gasteiger partial charge on any atom is 0.263 e. The van der Waals surface area contributed by atoms with Crippen LogP contribution in [0.1, 0.15) is 11.1 Å². The van der Waals surface area contributed by atoms with Gasteiger partial charge in [0, 0.05) is 12.2 Å². The molecule has 20 heavy (non-hydrogen) atoms. The number of halogens is 1. The second-order valence-corrected chi connectivity index (χ2v) is 6.50. The van der Waals surface area contributed by atoms with E-state index >= 15 is 0 Å². The Morgan fingerprint density at radius 1 is 1.20 bits per heavy atom. The fourth-order valence-corrected chi connectivity index (χ4v) is 3.43. The first-order chi connectivity index (χ1) is 9.42. The Morgan fingerprint density at radius 3 is 2.55 bits per heavy atom. The van der Waals surface area contributed by atoms with Crippen LogP contribution in [0.4, 0.5) is 5.69 Å². The molecule has 6 heteroatoms. The molecular formula is C14H15ClN2O2S. The number of aryl methyl sites for hydroxylation is 1. The van der Waals surface area contributed by atoms with Crippen LogP contribution < -0.4 is 10.5 Å². The van der Waals surface area contributed by atoms with Gasteiger partial charge in [-0.05, 0) is 42.3 Å². The van der Waals surface area contributed by atoms with E-state index in [-0.39, 0.29) is 9.92 Å². The van der Waals surface area contributed by atoms with Gasteiger partial charge in [-0.2, -0.15) is 0 Å². The van der Waals surface area contributed by atoms with Gasteiger partial charge in [-0.15, -0.1) is 0 Å². The maximum atomic E-state index is 12.3. The van der Waals surface area contributed by atoms with Crippen molar-refractivity contribution in [3.05, 3.63) is 58.6 Å². The number of anilines is 1. The van der Waals surface area contributed by atoms with Crippen LogP contribution in [-0.4, -0.2) is 8.42 Å². The molecule has 0 aromatic heterocycles. The predicted molar refractivity (Wildman–Crippen MR) is 81.3 cm³/mol. The van der Waals surface area contributed by atoms with Gasteiger partial charge in [0.15, 0.2) is 0 Å². The Morgan fingerprint density at radius 2 is 1.95 bits per heavy atom. The third-order valence-corrected chi connectivity index (χ3v) is 4.66. The minimum atomic E-state index is -3.71. The van der Waals surface area contributed by atoms with Gasteiger partial charge < -0.3 is 5.73 Å². The molecule has 0 aliphatic heterocycles. The highest BCUT2D eigenvalue weighted by Gasteiger charge is 2.18. The molecule has 0 aliphatic rings. The van der Waals surface area contributed by atoms with Gasteiger partial charge in [-0.3, -0.25) is 4.72 Å². The van der Waals surface area contributed by atoms with Gasteiger partial charge in [0.25, 0.3) is 10.0 Å². The van der Waals surface area contributed by atoms with E-state index in [1.807, 2.05) is 13.0 Å². The third kappa shape index (κ3) is 3.30. The lowest BCUT2D eigenvalue weighted by Gasteiger charge is -2.10. The number of nitrogens with two attached hydrogens (primary N) is 1. The minimum absolute atomic E-state index is 0.0397. The Kier molecular flexibility index (Phi) is 4.32. The fourth-order valence-electron chi connectivity index (χ4n) is 1.81. The molecule has 0 saturated heterocycles. The summed E-state index contributed by atoms with van der Waals surface area (Å²) in [6.07, 6.45) is 0. The average Bonchev–Trinajstić information content (AvgIpc) is 2.37. The smallest absolute Gasteiger partial charge is 0.263 e. The molecule has 0 spiro atoms. The lowest BCUT2D eigenvalue weighted by Crippen LogP contribution is -2.13. The van der Waals surface area contributed by atoms with Crippen LogP contribution in [-0.2, 0) is 16.6 Å². The van der Waals surface area contributed by atoms with E-state index in [4.69, 9.17) is 17.3 Å². The summed E-state index contributed by atoms with van der Waals surface area (Å²) in [4.78, 5) is 0.0397. The van der Waals surface area contributed by atoms with Crippen LogP contribution in [0.5, 0.6) is 0 Å². The molecule has 0 saturated carbocycles. The molecule has 0 heterocycles. The van der Waals surface area contributed by atoms with Crippen LogP contribution in [0, 0.1) is 6.92 Å². The van der Waals surface area contributed by atoms with E-state index in [2.05, 4.69) is 4.72 Å². The molecule has 0 atom stereocenters. The molecule has 0 radical (unpaired) electrons. The van der Waals surface area contributed by atoms with E-state index in [0.29, 0.717) is 12.2 Å². The highest BCUT2D eigenvalue weighted by Crippen LogP contribution is 2.25. The van der Waals surface area contributed by atoms with Crippen molar-refractivity contribution in [2.45, 2.75) is 18.4 Å². The predicted octanol–water partition coefficient (Wildman–Crippen LogP) is 2.91. The van der Waals surface area contributed by atoms with Gasteiger partial charge in [-0.1, -0.05) is 29.8 Å². The highest BCUT2D eigenvalue weighted by atomic mass is 35.5. The number of sulfonamides is 1. The number of nitrogens with one attached hydrogen (secondary N) is 1. The lowest BCUT2D eigenvalue weighted by atomic mass is 10.2. The van der Waals surface area contributed by atoms with Crippen LogP contribution in [0.25, 0.3) is 0 Å². The Balaban J connectivity index is 2.36. The first kappa shape index (κ1) is 14.8. The fraction of sp³-hybridized carbons (Fsp3) is 0.143. The lowest BCUT2D eigenvalue weighted by molar-refractivity contribution is 0.601. The molecule has 0 unspecified atom stereocenters. The van der Waals surface area contributed by atoms with Crippen molar-refractivity contribution < 1.29 is 8.42 Å². The number of hydrogen-bond donors (Lipinski definition) is 2. The largest absolute Gasteiger partial charge is 0.326 e. The Hall–Kier alpha value is -1.56. The van der Waals surface area contributed by atoms with Crippen molar-refractivity contribution in [2.75, 3.05) is 4.72 Å². The van der Waals surface area contributed by atoms with Gasteiger partial charge in [-0.25, -0.2) is 8.42 Å². The second-order valence-electron chi connectivity index (χ2n) is 4.44. The summed E-state index contributed by atoms with van der Waals surface area (Å²) in [7, 11) is -3.71. The molecule has 0 aliphatic carbocycles. The Labute approximate surface area is 123 Å². The van der Waals surface area contributed by atoms with E-state index in [1.54, 1.807) is 30.3 Å². The molecule has 2 aromatic rings. The van der Waals surface area contributed by atoms with Crippen LogP contribution in [0.2, 0.25) is 5.02 Å². The van der Waals surface area contributed by atoms with Gasteiger partial charge >= 0.3 is 0 Å². The van der Waals surface area contributed by atoms with E-state index in [0.717, 1.165) is 11.1 Å². The zero-order chi connectivity index (χ0) is 14.8. The van der Waals surface area contributed by atoms with Crippen molar-refractivity contribution >= 4 is 27.3 Å². The van der Waals surface area contributed by atoms with Crippen molar-refractivity contribution in [1.29, 1.82) is 0 Å². The van der Waals surface area contributed by atoms with Crippen LogP contribution >= 0.6 is 11.6 Å². The van der Waals surface area contributed by atoms with Gasteiger partial charge in [0.05, 0.1) is 5.02 Å². The van der Waals surface area contributed by atoms with Crippen molar-refractivity contribution in [3.8, 4) is 0 Å². The molecule has 0 amide bonds. The maximum absolute atomic E-state index is 12.3. The standard InChI is InChI=1S/C14H15ClN2O2S/c1-10-3-2-4-12(7-10)17-20(18,19)14-6-5-11(9-16)8-13(14)15/h2-8,17H,9,16H2,1H3. The zero-order valence-electron chi connectivity index (χ0n) is 10.9. The van der Waals surface area contributed by atoms with Crippen LogP contribution in [0.3, 0.4) is 0 Å². The first-order valence-electron chi connectivity index (χ1n) is 6.00. The van der Waals surface area contributed by atoms with E-state index < -0.39 is 10.0 Å². The molecule has 0 fully saturated rings.